The molecule has 2 aliphatic rings. The van der Waals surface area contributed by atoms with Gasteiger partial charge in [-0.3, -0.25) is 0 Å². The number of anilines is 1. The Labute approximate surface area is 224 Å². The van der Waals surface area contributed by atoms with Gasteiger partial charge in [-0.1, -0.05) is 42.0 Å². The highest BCUT2D eigenvalue weighted by Crippen LogP contribution is 2.40. The molecule has 0 spiro atoms. The molecule has 2 aliphatic heterocycles. The molecule has 38 heavy (non-hydrogen) atoms. The van der Waals surface area contributed by atoms with Gasteiger partial charge in [-0.05, 0) is 88.2 Å². The Morgan fingerprint density at radius 1 is 0.763 bits per heavy atom. The molecule has 0 saturated heterocycles. The molecule has 1 aromatic heterocycles. The topological polar surface area (TPSA) is 33.5 Å². The van der Waals surface area contributed by atoms with Crippen molar-refractivity contribution in [2.75, 3.05) is 4.90 Å². The maximum Gasteiger partial charge on any atom is 0.129 e. The molecule has 3 aromatic carbocycles. The van der Waals surface area contributed by atoms with Crippen molar-refractivity contribution < 1.29 is 4.74 Å². The molecule has 5 nitrogen and oxygen atoms in total. The van der Waals surface area contributed by atoms with Gasteiger partial charge in [0.2, 0.25) is 0 Å². The number of nitrogens with zero attached hydrogens (tertiary/aromatic N) is 4. The van der Waals surface area contributed by atoms with E-state index < -0.39 is 0 Å². The predicted octanol–water partition coefficient (Wildman–Crippen LogP) is 7.74. The standard InChI is InChI=1S/C33H32N4O/c1-22-16-23(2)33(24(3)17-22)36-21-31(35-15-7-6-14-32(35)36)27-10-8-12-29(19-27)38-30-13-9-11-28(20-30)37-26(5)18-25(4)34-37/h6-21,32H,1-5H3. The van der Waals surface area contributed by atoms with Crippen LogP contribution in [0, 0.1) is 34.6 Å². The Bertz CT molecular complexity index is 1600. The van der Waals surface area contributed by atoms with Crippen LogP contribution in [0.25, 0.3) is 11.4 Å². The number of hydrogen-bond donors (Lipinski definition) is 0. The van der Waals surface area contributed by atoms with Gasteiger partial charge in [-0.25, -0.2) is 4.68 Å². The zero-order chi connectivity index (χ0) is 26.4. The minimum Gasteiger partial charge on any atom is -0.457 e. The van der Waals surface area contributed by atoms with Gasteiger partial charge < -0.3 is 14.5 Å². The SMILES string of the molecule is Cc1cc(C)c(N2C=C(c3cccc(Oc4cccc(-n5nc(C)cc5C)c4)c3)N3C=CC=CC32)c(C)c1. The van der Waals surface area contributed by atoms with Gasteiger partial charge in [0.05, 0.1) is 17.1 Å². The summed E-state index contributed by atoms with van der Waals surface area (Å²) in [5, 5.41) is 4.61. The summed E-state index contributed by atoms with van der Waals surface area (Å²) in [5.41, 5.74) is 10.4. The number of aromatic nitrogens is 2. The number of aryl methyl sites for hydroxylation is 5. The summed E-state index contributed by atoms with van der Waals surface area (Å²) in [6.07, 6.45) is 11.0. The Morgan fingerprint density at radius 3 is 2.24 bits per heavy atom. The summed E-state index contributed by atoms with van der Waals surface area (Å²) in [7, 11) is 0. The Hall–Kier alpha value is -4.51. The summed E-state index contributed by atoms with van der Waals surface area (Å²) < 4.78 is 8.30. The minimum atomic E-state index is 0.0946. The highest BCUT2D eigenvalue weighted by Gasteiger charge is 2.33. The first-order valence-electron chi connectivity index (χ1n) is 13.0. The van der Waals surface area contributed by atoms with Crippen LogP contribution in [-0.4, -0.2) is 20.8 Å². The van der Waals surface area contributed by atoms with Crippen molar-refractivity contribution >= 4 is 11.4 Å². The highest BCUT2D eigenvalue weighted by atomic mass is 16.5. The molecular weight excluding hydrogens is 468 g/mol. The number of ether oxygens (including phenoxy) is 1. The van der Waals surface area contributed by atoms with Crippen LogP contribution in [0.5, 0.6) is 11.5 Å². The van der Waals surface area contributed by atoms with E-state index in [0.717, 1.165) is 39.8 Å². The minimum absolute atomic E-state index is 0.0946. The van der Waals surface area contributed by atoms with Crippen molar-refractivity contribution in [3.63, 3.8) is 0 Å². The lowest BCUT2D eigenvalue weighted by Gasteiger charge is -2.33. The molecule has 0 bridgehead atoms. The maximum atomic E-state index is 6.35. The smallest absolute Gasteiger partial charge is 0.129 e. The molecule has 1 unspecified atom stereocenters. The normalized spacial score (nSPS) is 16.1. The fraction of sp³-hybridized carbons (Fsp3) is 0.182. The molecule has 0 fully saturated rings. The van der Waals surface area contributed by atoms with Gasteiger partial charge in [-0.2, -0.15) is 5.10 Å². The monoisotopic (exact) mass is 500 g/mol. The highest BCUT2D eigenvalue weighted by molar-refractivity contribution is 5.77. The summed E-state index contributed by atoms with van der Waals surface area (Å²) in [4.78, 5) is 4.70. The molecule has 0 aliphatic carbocycles. The fourth-order valence-corrected chi connectivity index (χ4v) is 5.64. The molecule has 190 valence electrons. The van der Waals surface area contributed by atoms with E-state index in [4.69, 9.17) is 4.74 Å². The van der Waals surface area contributed by atoms with Gasteiger partial charge in [-0.15, -0.1) is 0 Å². The average Bonchev–Trinajstić information content (AvgIpc) is 3.43. The van der Waals surface area contributed by atoms with E-state index in [1.54, 1.807) is 0 Å². The number of hydrogen-bond acceptors (Lipinski definition) is 4. The summed E-state index contributed by atoms with van der Waals surface area (Å²) in [6, 6.07) is 23.0. The third-order valence-corrected chi connectivity index (χ3v) is 7.08. The number of rotatable bonds is 5. The molecule has 0 N–H and O–H groups in total. The molecule has 1 atom stereocenters. The first-order chi connectivity index (χ1) is 18.4. The Morgan fingerprint density at radius 2 is 1.50 bits per heavy atom. The van der Waals surface area contributed by atoms with E-state index in [9.17, 15) is 0 Å². The van der Waals surface area contributed by atoms with Crippen molar-refractivity contribution in [1.29, 1.82) is 0 Å². The van der Waals surface area contributed by atoms with Crippen LogP contribution in [0.4, 0.5) is 5.69 Å². The second-order valence-corrected chi connectivity index (χ2v) is 10.2. The zero-order valence-electron chi connectivity index (χ0n) is 22.5. The largest absolute Gasteiger partial charge is 0.457 e. The van der Waals surface area contributed by atoms with Gasteiger partial charge in [0.15, 0.2) is 0 Å². The zero-order valence-corrected chi connectivity index (χ0v) is 22.5. The molecule has 0 amide bonds. The van der Waals surface area contributed by atoms with Crippen molar-refractivity contribution in [2.24, 2.45) is 0 Å². The van der Waals surface area contributed by atoms with E-state index in [2.05, 4.69) is 110 Å². The lowest BCUT2D eigenvalue weighted by molar-refractivity contribution is 0.469. The van der Waals surface area contributed by atoms with Crippen LogP contribution in [0.1, 0.15) is 33.6 Å². The molecule has 5 heteroatoms. The second-order valence-electron chi connectivity index (χ2n) is 10.2. The third kappa shape index (κ3) is 4.30. The number of benzene rings is 3. The van der Waals surface area contributed by atoms with Crippen LogP contribution in [0.15, 0.2) is 97.4 Å². The fourth-order valence-electron chi connectivity index (χ4n) is 5.64. The van der Waals surface area contributed by atoms with Crippen molar-refractivity contribution in [3.05, 3.63) is 131 Å². The van der Waals surface area contributed by atoms with E-state index in [-0.39, 0.29) is 6.17 Å². The third-order valence-electron chi connectivity index (χ3n) is 7.08. The van der Waals surface area contributed by atoms with Crippen LogP contribution >= 0.6 is 0 Å². The summed E-state index contributed by atoms with van der Waals surface area (Å²) in [5.74, 6) is 1.57. The number of fused-ring (bicyclic) bond motifs is 1. The van der Waals surface area contributed by atoms with Crippen molar-refractivity contribution in [3.8, 4) is 17.2 Å². The molecule has 3 heterocycles. The Kier molecular flexibility index (Phi) is 5.91. The molecule has 6 rings (SSSR count). The van der Waals surface area contributed by atoms with Crippen molar-refractivity contribution in [1.82, 2.24) is 14.7 Å². The molecule has 4 aromatic rings. The van der Waals surface area contributed by atoms with Gasteiger partial charge in [0, 0.05) is 35.4 Å². The quantitative estimate of drug-likeness (QED) is 0.281. The summed E-state index contributed by atoms with van der Waals surface area (Å²) >= 11 is 0. The number of allylic oxidation sites excluding steroid dienone is 2. The Balaban J connectivity index is 1.33. The van der Waals surface area contributed by atoms with E-state index >= 15 is 0 Å². The molecular formula is C33H32N4O. The molecule has 0 radical (unpaired) electrons. The van der Waals surface area contributed by atoms with Gasteiger partial charge in [0.1, 0.15) is 17.7 Å². The first kappa shape index (κ1) is 23.9. The van der Waals surface area contributed by atoms with Crippen molar-refractivity contribution in [2.45, 2.75) is 40.8 Å². The van der Waals surface area contributed by atoms with E-state index in [0.29, 0.717) is 0 Å². The van der Waals surface area contributed by atoms with Crippen LogP contribution in [0.2, 0.25) is 0 Å². The van der Waals surface area contributed by atoms with Crippen LogP contribution < -0.4 is 9.64 Å². The first-order valence-corrected chi connectivity index (χ1v) is 13.0. The lowest BCUT2D eigenvalue weighted by atomic mass is 10.0. The second kappa shape index (κ2) is 9.42. The average molecular weight is 501 g/mol. The van der Waals surface area contributed by atoms with Gasteiger partial charge >= 0.3 is 0 Å². The maximum absolute atomic E-state index is 6.35. The lowest BCUT2D eigenvalue weighted by Crippen LogP contribution is -2.36. The van der Waals surface area contributed by atoms with E-state index in [1.165, 1.54) is 22.4 Å². The predicted molar refractivity (Wildman–Crippen MR) is 155 cm³/mol. The van der Waals surface area contributed by atoms with Gasteiger partial charge in [0.25, 0.3) is 0 Å². The van der Waals surface area contributed by atoms with Crippen LogP contribution in [-0.2, 0) is 0 Å². The summed E-state index contributed by atoms with van der Waals surface area (Å²) in [6.45, 7) is 10.6. The van der Waals surface area contributed by atoms with E-state index in [1.807, 2.05) is 41.9 Å². The molecule has 0 saturated carbocycles. The van der Waals surface area contributed by atoms with Crippen LogP contribution in [0.3, 0.4) is 0 Å².